The van der Waals surface area contributed by atoms with Crippen molar-refractivity contribution in [2.45, 2.75) is 50.6 Å². The van der Waals surface area contributed by atoms with Crippen molar-refractivity contribution in [3.8, 4) is 0 Å². The molecule has 0 radical (unpaired) electrons. The lowest BCUT2D eigenvalue weighted by atomic mass is 9.93. The van der Waals surface area contributed by atoms with Gasteiger partial charge in [0.2, 0.25) is 5.91 Å². The molecule has 0 spiro atoms. The highest BCUT2D eigenvalue weighted by Crippen LogP contribution is 2.28. The lowest BCUT2D eigenvalue weighted by Crippen LogP contribution is -2.51. The normalized spacial score (nSPS) is 25.3. The van der Waals surface area contributed by atoms with E-state index in [0.717, 1.165) is 69.6 Å². The van der Waals surface area contributed by atoms with Gasteiger partial charge >= 0.3 is 0 Å². The van der Waals surface area contributed by atoms with E-state index in [4.69, 9.17) is 11.6 Å². The van der Waals surface area contributed by atoms with Gasteiger partial charge in [0.05, 0.1) is 15.1 Å². The molecular formula is C19H26ClN3O2S. The number of hydrogen-bond donors (Lipinski definition) is 1. The van der Waals surface area contributed by atoms with Crippen LogP contribution >= 0.6 is 22.9 Å². The summed E-state index contributed by atoms with van der Waals surface area (Å²) in [5, 5.41) is 3.16. The van der Waals surface area contributed by atoms with Gasteiger partial charge in [-0.1, -0.05) is 11.6 Å². The maximum Gasteiger partial charge on any atom is 0.263 e. The molecule has 1 saturated carbocycles. The number of hydrogen-bond acceptors (Lipinski definition) is 4. The quantitative estimate of drug-likeness (QED) is 0.852. The van der Waals surface area contributed by atoms with Crippen LogP contribution in [0.2, 0.25) is 4.34 Å². The summed E-state index contributed by atoms with van der Waals surface area (Å²) < 4.78 is 0.659. The SMILES string of the molecule is O=C(NC1CC1)[C@H]1CCCN(C2CCN(C(=O)c3ccc(Cl)s3)CC2)C1. The van der Waals surface area contributed by atoms with Crippen LogP contribution in [0.4, 0.5) is 0 Å². The summed E-state index contributed by atoms with van der Waals surface area (Å²) in [5.41, 5.74) is 0. The Morgan fingerprint density at radius 2 is 1.85 bits per heavy atom. The Hall–Kier alpha value is -1.11. The maximum atomic E-state index is 12.6. The lowest BCUT2D eigenvalue weighted by Gasteiger charge is -2.42. The molecule has 0 aromatic carbocycles. The fraction of sp³-hybridized carbons (Fsp3) is 0.684. The van der Waals surface area contributed by atoms with Crippen LogP contribution in [0.1, 0.15) is 48.2 Å². The number of carbonyl (C=O) groups is 2. The zero-order valence-electron chi connectivity index (χ0n) is 15.0. The van der Waals surface area contributed by atoms with Gasteiger partial charge in [-0.3, -0.25) is 14.5 Å². The summed E-state index contributed by atoms with van der Waals surface area (Å²) >= 11 is 7.30. The third-order valence-electron chi connectivity index (χ3n) is 5.80. The van der Waals surface area contributed by atoms with Crippen molar-refractivity contribution in [3.05, 3.63) is 21.3 Å². The molecule has 2 aliphatic heterocycles. The second-order valence-electron chi connectivity index (χ2n) is 7.74. The number of nitrogens with zero attached hydrogens (tertiary/aromatic N) is 2. The van der Waals surface area contributed by atoms with E-state index < -0.39 is 0 Å². The van der Waals surface area contributed by atoms with Crippen molar-refractivity contribution in [2.24, 2.45) is 5.92 Å². The second-order valence-corrected chi connectivity index (χ2v) is 9.46. The van der Waals surface area contributed by atoms with E-state index in [1.165, 1.54) is 11.3 Å². The van der Waals surface area contributed by atoms with E-state index in [1.54, 1.807) is 6.07 Å². The van der Waals surface area contributed by atoms with E-state index in [2.05, 4.69) is 10.2 Å². The van der Waals surface area contributed by atoms with Crippen LogP contribution in [-0.4, -0.2) is 59.9 Å². The fourth-order valence-corrected chi connectivity index (χ4v) is 5.13. The van der Waals surface area contributed by atoms with Gasteiger partial charge in [-0.25, -0.2) is 0 Å². The first-order chi connectivity index (χ1) is 12.6. The molecule has 2 amide bonds. The molecule has 1 aliphatic carbocycles. The van der Waals surface area contributed by atoms with Crippen LogP contribution in [0.3, 0.4) is 0 Å². The predicted octanol–water partition coefficient (Wildman–Crippen LogP) is 3.00. The molecule has 2 saturated heterocycles. The highest BCUT2D eigenvalue weighted by Gasteiger charge is 2.34. The van der Waals surface area contributed by atoms with Crippen molar-refractivity contribution < 1.29 is 9.59 Å². The number of thiophene rings is 1. The van der Waals surface area contributed by atoms with Crippen molar-refractivity contribution in [1.82, 2.24) is 15.1 Å². The molecule has 1 N–H and O–H groups in total. The van der Waals surface area contributed by atoms with Gasteiger partial charge in [0.1, 0.15) is 0 Å². The molecule has 3 aliphatic rings. The summed E-state index contributed by atoms with van der Waals surface area (Å²) in [6, 6.07) is 4.53. The molecule has 0 unspecified atom stereocenters. The number of carbonyl (C=O) groups excluding carboxylic acids is 2. The minimum absolute atomic E-state index is 0.0979. The highest BCUT2D eigenvalue weighted by molar-refractivity contribution is 7.17. The molecule has 7 heteroatoms. The summed E-state index contributed by atoms with van der Waals surface area (Å²) in [4.78, 5) is 30.1. The topological polar surface area (TPSA) is 52.7 Å². The third-order valence-corrected chi connectivity index (χ3v) is 7.02. The first kappa shape index (κ1) is 18.3. The average molecular weight is 396 g/mol. The standard InChI is InChI=1S/C19H26ClN3O2S/c20-17-6-5-16(26-17)19(25)22-10-7-15(8-11-22)23-9-1-2-13(12-23)18(24)21-14-3-4-14/h5-6,13-15H,1-4,7-12H2,(H,21,24)/t13-/m0/s1. The zero-order valence-corrected chi connectivity index (χ0v) is 16.5. The lowest BCUT2D eigenvalue weighted by molar-refractivity contribution is -0.127. The molecule has 1 aromatic heterocycles. The molecule has 3 fully saturated rings. The van der Waals surface area contributed by atoms with Gasteiger partial charge in [0.15, 0.2) is 0 Å². The maximum absolute atomic E-state index is 12.6. The Labute approximate surface area is 163 Å². The summed E-state index contributed by atoms with van der Waals surface area (Å²) in [7, 11) is 0. The summed E-state index contributed by atoms with van der Waals surface area (Å²) in [5.74, 6) is 0.484. The minimum Gasteiger partial charge on any atom is -0.353 e. The van der Waals surface area contributed by atoms with Crippen LogP contribution in [0, 0.1) is 5.92 Å². The molecule has 1 atom stereocenters. The van der Waals surface area contributed by atoms with Gasteiger partial charge in [0.25, 0.3) is 5.91 Å². The number of amides is 2. The van der Waals surface area contributed by atoms with E-state index in [0.29, 0.717) is 16.4 Å². The Morgan fingerprint density at radius 1 is 1.08 bits per heavy atom. The first-order valence-corrected chi connectivity index (χ1v) is 10.9. The Kier molecular flexibility index (Phi) is 5.53. The highest BCUT2D eigenvalue weighted by atomic mass is 35.5. The van der Waals surface area contributed by atoms with Crippen LogP contribution in [0.15, 0.2) is 12.1 Å². The minimum atomic E-state index is 0.0979. The van der Waals surface area contributed by atoms with Crippen LogP contribution in [0.25, 0.3) is 0 Å². The Bertz CT molecular complexity index is 667. The monoisotopic (exact) mass is 395 g/mol. The van der Waals surface area contributed by atoms with Crippen LogP contribution in [-0.2, 0) is 4.79 Å². The second kappa shape index (κ2) is 7.87. The average Bonchev–Trinajstić information content (AvgIpc) is 3.38. The zero-order chi connectivity index (χ0) is 18.1. The van der Waals surface area contributed by atoms with E-state index in [1.807, 2.05) is 11.0 Å². The van der Waals surface area contributed by atoms with Gasteiger partial charge in [0, 0.05) is 31.7 Å². The van der Waals surface area contributed by atoms with Crippen molar-refractivity contribution in [3.63, 3.8) is 0 Å². The summed E-state index contributed by atoms with van der Waals surface area (Å²) in [6.07, 6.45) is 6.36. The molecule has 3 heterocycles. The van der Waals surface area contributed by atoms with Gasteiger partial charge in [-0.15, -0.1) is 11.3 Å². The Balaban J connectivity index is 1.28. The van der Waals surface area contributed by atoms with Crippen molar-refractivity contribution >= 4 is 34.8 Å². The molecule has 142 valence electrons. The number of halogens is 1. The van der Waals surface area contributed by atoms with E-state index in [-0.39, 0.29) is 17.7 Å². The van der Waals surface area contributed by atoms with E-state index in [9.17, 15) is 9.59 Å². The van der Waals surface area contributed by atoms with E-state index >= 15 is 0 Å². The van der Waals surface area contributed by atoms with Gasteiger partial charge in [-0.2, -0.15) is 0 Å². The molecule has 26 heavy (non-hydrogen) atoms. The van der Waals surface area contributed by atoms with Crippen LogP contribution < -0.4 is 5.32 Å². The number of piperidine rings is 2. The first-order valence-electron chi connectivity index (χ1n) is 9.69. The number of likely N-dealkylation sites (tertiary alicyclic amines) is 2. The molecule has 5 nitrogen and oxygen atoms in total. The number of rotatable bonds is 4. The molecule has 1 aromatic rings. The molecular weight excluding hydrogens is 370 g/mol. The molecule has 0 bridgehead atoms. The largest absolute Gasteiger partial charge is 0.353 e. The summed E-state index contributed by atoms with van der Waals surface area (Å²) in [6.45, 7) is 3.52. The van der Waals surface area contributed by atoms with Crippen molar-refractivity contribution in [1.29, 1.82) is 0 Å². The Morgan fingerprint density at radius 3 is 2.50 bits per heavy atom. The molecule has 4 rings (SSSR count). The van der Waals surface area contributed by atoms with Gasteiger partial charge < -0.3 is 10.2 Å². The van der Waals surface area contributed by atoms with Crippen molar-refractivity contribution in [2.75, 3.05) is 26.2 Å². The fourth-order valence-electron chi connectivity index (χ4n) is 4.12. The smallest absolute Gasteiger partial charge is 0.263 e. The number of nitrogens with one attached hydrogen (secondary N) is 1. The third kappa shape index (κ3) is 4.24. The van der Waals surface area contributed by atoms with Gasteiger partial charge in [-0.05, 0) is 57.2 Å². The predicted molar refractivity (Wildman–Crippen MR) is 104 cm³/mol. The van der Waals surface area contributed by atoms with Crippen LogP contribution in [0.5, 0.6) is 0 Å².